The first-order valence-corrected chi connectivity index (χ1v) is 10.5. The molecule has 0 radical (unpaired) electrons. The summed E-state index contributed by atoms with van der Waals surface area (Å²) in [5.41, 5.74) is 2.26. The van der Waals surface area contributed by atoms with Gasteiger partial charge in [-0.1, -0.05) is 6.07 Å². The number of ether oxygens (including phenoxy) is 1. The summed E-state index contributed by atoms with van der Waals surface area (Å²) in [5, 5.41) is 4.30. The van der Waals surface area contributed by atoms with Crippen LogP contribution >= 0.6 is 0 Å². The van der Waals surface area contributed by atoms with Crippen LogP contribution in [0.1, 0.15) is 42.8 Å². The molecule has 0 bridgehead atoms. The van der Waals surface area contributed by atoms with Gasteiger partial charge in [0.1, 0.15) is 23.6 Å². The van der Waals surface area contributed by atoms with E-state index in [1.165, 1.54) is 0 Å². The van der Waals surface area contributed by atoms with Crippen LogP contribution in [0.5, 0.6) is 5.75 Å². The molecule has 1 aliphatic rings. The minimum absolute atomic E-state index is 0.204. The normalized spacial score (nSPS) is 16.4. The van der Waals surface area contributed by atoms with E-state index in [1.807, 2.05) is 12.1 Å². The largest absolute Gasteiger partial charge is 0.494 e. The minimum atomic E-state index is -1.52. The van der Waals surface area contributed by atoms with Crippen LogP contribution in [-0.4, -0.2) is 39.2 Å². The molecule has 3 aromatic rings. The number of methoxy groups -OCH3 is 1. The summed E-state index contributed by atoms with van der Waals surface area (Å²) < 4.78 is 47.9. The van der Waals surface area contributed by atoms with E-state index in [0.29, 0.717) is 42.2 Å². The van der Waals surface area contributed by atoms with E-state index >= 15 is 0 Å². The molecule has 0 aliphatic carbocycles. The Labute approximate surface area is 189 Å². The number of carbonyl (C=O) groups is 1. The van der Waals surface area contributed by atoms with Crippen LogP contribution in [0.25, 0.3) is 11.8 Å². The number of nitrogens with zero attached hydrogens (tertiary/aromatic N) is 4. The summed E-state index contributed by atoms with van der Waals surface area (Å²) >= 11 is 0. The van der Waals surface area contributed by atoms with Crippen molar-refractivity contribution in [2.24, 2.45) is 0 Å². The molecule has 0 N–H and O–H groups in total. The molecule has 33 heavy (non-hydrogen) atoms. The fourth-order valence-corrected chi connectivity index (χ4v) is 3.97. The number of benzene rings is 2. The Morgan fingerprint density at radius 1 is 1.15 bits per heavy atom. The number of halogens is 3. The van der Waals surface area contributed by atoms with E-state index < -0.39 is 23.5 Å². The molecule has 1 amide bonds. The first-order valence-electron chi connectivity index (χ1n) is 10.5. The summed E-state index contributed by atoms with van der Waals surface area (Å²) in [6.45, 7) is 3.90. The molecule has 1 saturated heterocycles. The lowest BCUT2D eigenvalue weighted by Crippen LogP contribution is -2.38. The zero-order valence-corrected chi connectivity index (χ0v) is 18.5. The molecule has 0 spiro atoms. The first kappa shape index (κ1) is 22.6. The lowest BCUT2D eigenvalue weighted by molar-refractivity contribution is -0.130. The van der Waals surface area contributed by atoms with Gasteiger partial charge in [0.25, 0.3) is 0 Å². The topological polar surface area (TPSA) is 60.2 Å². The lowest BCUT2D eigenvalue weighted by atomic mass is 9.97. The fraction of sp³-hybridized carbons (Fsp3) is 0.292. The zero-order chi connectivity index (χ0) is 23.7. The van der Waals surface area contributed by atoms with Crippen LogP contribution in [0.15, 0.2) is 42.2 Å². The maximum Gasteiger partial charge on any atom is 0.250 e. The third-order valence-corrected chi connectivity index (χ3v) is 5.73. The van der Waals surface area contributed by atoms with Gasteiger partial charge < -0.3 is 9.64 Å². The molecule has 6 nitrogen and oxygen atoms in total. The van der Waals surface area contributed by atoms with E-state index in [1.54, 1.807) is 49.0 Å². The summed E-state index contributed by atoms with van der Waals surface area (Å²) in [6, 6.07) is 6.74. The highest BCUT2D eigenvalue weighted by atomic mass is 19.2. The second kappa shape index (κ2) is 9.09. The molecule has 1 aliphatic heterocycles. The number of aromatic nitrogens is 3. The van der Waals surface area contributed by atoms with Crippen molar-refractivity contribution in [1.29, 1.82) is 0 Å². The van der Waals surface area contributed by atoms with Gasteiger partial charge in [0.15, 0.2) is 17.5 Å². The molecule has 1 atom stereocenters. The van der Waals surface area contributed by atoms with Gasteiger partial charge in [0, 0.05) is 12.1 Å². The Balaban J connectivity index is 1.60. The average molecular weight is 456 g/mol. The fourth-order valence-electron chi connectivity index (χ4n) is 3.97. The highest BCUT2D eigenvalue weighted by molar-refractivity contribution is 5.98. The summed E-state index contributed by atoms with van der Waals surface area (Å²) in [5.74, 6) is -3.09. The third-order valence-electron chi connectivity index (χ3n) is 5.73. The second-order valence-corrected chi connectivity index (χ2v) is 7.91. The summed E-state index contributed by atoms with van der Waals surface area (Å²) in [7, 11) is 1.55. The highest BCUT2D eigenvalue weighted by Crippen LogP contribution is 2.31. The number of amides is 1. The summed E-state index contributed by atoms with van der Waals surface area (Å²) in [4.78, 5) is 18.8. The highest BCUT2D eigenvalue weighted by Gasteiger charge is 2.29. The van der Waals surface area contributed by atoms with Gasteiger partial charge in [0.05, 0.1) is 13.2 Å². The van der Waals surface area contributed by atoms with Crippen molar-refractivity contribution in [1.82, 2.24) is 19.7 Å². The summed E-state index contributed by atoms with van der Waals surface area (Å²) in [6.07, 6.45) is 4.64. The number of hydrogen-bond donors (Lipinski definition) is 0. The van der Waals surface area contributed by atoms with Crippen LogP contribution in [-0.2, 0) is 4.79 Å². The lowest BCUT2D eigenvalue weighted by Gasteiger charge is -2.34. The molecule has 9 heteroatoms. The number of hydrogen-bond acceptors (Lipinski definition) is 4. The molecular formula is C24H23F3N4O2. The Hall–Kier alpha value is -3.62. The SMILES string of the molecule is COc1cc(/C=C2\CCCN([C@@H](C)c3cc(F)c(F)c(F)c3)C2=O)ccc1-n1cnc(C)n1. The van der Waals surface area contributed by atoms with Crippen LogP contribution in [0, 0.1) is 24.4 Å². The van der Waals surface area contributed by atoms with Crippen molar-refractivity contribution in [2.45, 2.75) is 32.7 Å². The van der Waals surface area contributed by atoms with Crippen LogP contribution < -0.4 is 4.74 Å². The molecule has 0 unspecified atom stereocenters. The van der Waals surface area contributed by atoms with Gasteiger partial charge >= 0.3 is 0 Å². The Kier molecular flexibility index (Phi) is 6.22. The molecular weight excluding hydrogens is 433 g/mol. The van der Waals surface area contributed by atoms with E-state index in [0.717, 1.165) is 17.7 Å². The number of rotatable bonds is 5. The van der Waals surface area contributed by atoms with Crippen molar-refractivity contribution < 1.29 is 22.7 Å². The van der Waals surface area contributed by atoms with Gasteiger partial charge in [-0.3, -0.25) is 4.79 Å². The molecule has 4 rings (SSSR count). The maximum absolute atomic E-state index is 13.7. The Morgan fingerprint density at radius 3 is 2.52 bits per heavy atom. The number of carbonyl (C=O) groups excluding carboxylic acids is 1. The predicted octanol–water partition coefficient (Wildman–Crippen LogP) is 4.77. The van der Waals surface area contributed by atoms with Gasteiger partial charge in [-0.25, -0.2) is 22.8 Å². The van der Waals surface area contributed by atoms with Crippen molar-refractivity contribution in [3.05, 3.63) is 76.6 Å². The Morgan fingerprint density at radius 2 is 1.88 bits per heavy atom. The van der Waals surface area contributed by atoms with E-state index in [9.17, 15) is 18.0 Å². The van der Waals surface area contributed by atoms with E-state index in [-0.39, 0.29) is 11.5 Å². The van der Waals surface area contributed by atoms with Crippen molar-refractivity contribution in [2.75, 3.05) is 13.7 Å². The zero-order valence-electron chi connectivity index (χ0n) is 18.5. The quantitative estimate of drug-likeness (QED) is 0.410. The molecule has 2 heterocycles. The van der Waals surface area contributed by atoms with Crippen molar-refractivity contribution in [3.63, 3.8) is 0 Å². The van der Waals surface area contributed by atoms with Crippen LogP contribution in [0.2, 0.25) is 0 Å². The monoisotopic (exact) mass is 456 g/mol. The Bertz CT molecular complexity index is 1220. The molecule has 0 saturated carbocycles. The smallest absolute Gasteiger partial charge is 0.250 e. The molecule has 1 fully saturated rings. The number of piperidine rings is 1. The number of aryl methyl sites for hydroxylation is 1. The predicted molar refractivity (Wildman–Crippen MR) is 116 cm³/mol. The van der Waals surface area contributed by atoms with E-state index in [4.69, 9.17) is 4.74 Å². The molecule has 1 aromatic heterocycles. The average Bonchev–Trinajstić information content (AvgIpc) is 3.24. The first-order chi connectivity index (χ1) is 15.8. The van der Waals surface area contributed by atoms with Gasteiger partial charge in [-0.05, 0) is 68.2 Å². The van der Waals surface area contributed by atoms with Gasteiger partial charge in [-0.15, -0.1) is 0 Å². The van der Waals surface area contributed by atoms with Gasteiger partial charge in [0.2, 0.25) is 5.91 Å². The van der Waals surface area contributed by atoms with Crippen LogP contribution in [0.3, 0.4) is 0 Å². The molecule has 2 aromatic carbocycles. The van der Waals surface area contributed by atoms with Gasteiger partial charge in [-0.2, -0.15) is 5.10 Å². The standard InChI is InChI=1S/C24H23F3N4O2/c1-14(18-11-19(25)23(27)20(26)12-18)30-8-4-5-17(24(30)32)9-16-6-7-21(22(10-16)33-3)31-13-28-15(2)29-31/h6-7,9-14H,4-5,8H2,1-3H3/b17-9+/t14-/m0/s1. The second-order valence-electron chi connectivity index (χ2n) is 7.91. The van der Waals surface area contributed by atoms with Crippen molar-refractivity contribution >= 4 is 12.0 Å². The maximum atomic E-state index is 13.7. The van der Waals surface area contributed by atoms with Crippen LogP contribution in [0.4, 0.5) is 13.2 Å². The minimum Gasteiger partial charge on any atom is -0.494 e. The number of likely N-dealkylation sites (tertiary alicyclic amines) is 1. The molecule has 172 valence electrons. The van der Waals surface area contributed by atoms with Crippen molar-refractivity contribution in [3.8, 4) is 11.4 Å². The third kappa shape index (κ3) is 4.48. The van der Waals surface area contributed by atoms with E-state index in [2.05, 4.69) is 10.1 Å².